The number of hydrogen-bond donors (Lipinski definition) is 1. The van der Waals surface area contributed by atoms with E-state index in [0.717, 1.165) is 0 Å². The molecule has 7 heteroatoms. The minimum Gasteiger partial charge on any atom is -0.493 e. The van der Waals surface area contributed by atoms with Crippen molar-refractivity contribution in [3.05, 3.63) is 23.8 Å². The Bertz CT molecular complexity index is 407. The van der Waals surface area contributed by atoms with E-state index in [1.165, 1.54) is 7.11 Å². The van der Waals surface area contributed by atoms with Gasteiger partial charge in [-0.1, -0.05) is 6.07 Å². The molecule has 0 heterocycles. The number of ether oxygens (including phenoxy) is 3. The Morgan fingerprint density at radius 1 is 1.15 bits per heavy atom. The summed E-state index contributed by atoms with van der Waals surface area (Å²) in [5.74, 6) is 0.938. The van der Waals surface area contributed by atoms with E-state index < -0.39 is 12.8 Å². The first kappa shape index (κ1) is 16.6. The van der Waals surface area contributed by atoms with Crippen LogP contribution in [-0.4, -0.2) is 38.2 Å². The first-order valence-electron chi connectivity index (χ1n) is 6.01. The first-order chi connectivity index (χ1) is 9.46. The van der Waals surface area contributed by atoms with E-state index in [-0.39, 0.29) is 19.8 Å². The third-order valence-corrected chi connectivity index (χ3v) is 2.37. The quantitative estimate of drug-likeness (QED) is 0.749. The summed E-state index contributed by atoms with van der Waals surface area (Å²) >= 11 is 0. The molecule has 1 aromatic carbocycles. The molecule has 0 saturated carbocycles. The summed E-state index contributed by atoms with van der Waals surface area (Å²) in [6.45, 7) is -1.17. The second-order valence-corrected chi connectivity index (χ2v) is 4.01. The maximum Gasteiger partial charge on any atom is 0.411 e. The fourth-order valence-electron chi connectivity index (χ4n) is 1.46. The lowest BCUT2D eigenvalue weighted by Gasteiger charge is -2.12. The molecule has 1 rings (SSSR count). The number of aliphatic hydroxyl groups is 1. The topological polar surface area (TPSA) is 47.9 Å². The van der Waals surface area contributed by atoms with Gasteiger partial charge in [0.2, 0.25) is 0 Å². The van der Waals surface area contributed by atoms with Gasteiger partial charge in [0.25, 0.3) is 0 Å². The minimum absolute atomic E-state index is 0.0312. The summed E-state index contributed by atoms with van der Waals surface area (Å²) in [6, 6.07) is 4.95. The number of alkyl halides is 3. The van der Waals surface area contributed by atoms with E-state index in [2.05, 4.69) is 4.74 Å². The number of rotatable bonds is 8. The second-order valence-electron chi connectivity index (χ2n) is 4.01. The zero-order chi connectivity index (χ0) is 15.0. The van der Waals surface area contributed by atoms with Gasteiger partial charge in [0.05, 0.1) is 26.9 Å². The Labute approximate surface area is 115 Å². The molecule has 0 unspecified atom stereocenters. The molecule has 0 aliphatic carbocycles. The van der Waals surface area contributed by atoms with Gasteiger partial charge in [0.15, 0.2) is 11.5 Å². The molecule has 1 aromatic rings. The maximum atomic E-state index is 11.8. The largest absolute Gasteiger partial charge is 0.493 e. The molecule has 0 saturated heterocycles. The van der Waals surface area contributed by atoms with E-state index >= 15 is 0 Å². The lowest BCUT2D eigenvalue weighted by molar-refractivity contribution is -0.174. The number of halogens is 3. The van der Waals surface area contributed by atoms with Gasteiger partial charge in [0.1, 0.15) is 6.61 Å². The normalized spacial score (nSPS) is 11.4. The zero-order valence-electron chi connectivity index (χ0n) is 11.1. The molecule has 0 fully saturated rings. The van der Waals surface area contributed by atoms with Crippen molar-refractivity contribution in [3.63, 3.8) is 0 Å². The molecule has 114 valence electrons. The first-order valence-corrected chi connectivity index (χ1v) is 6.01. The predicted molar refractivity (Wildman–Crippen MR) is 65.9 cm³/mol. The standard InChI is InChI=1S/C13H17F3O4/c1-18-12-7-10(8-17)3-4-11(12)20-6-2-5-19-9-13(14,15)16/h3-4,7,17H,2,5-6,8-9H2,1H3. The summed E-state index contributed by atoms with van der Waals surface area (Å²) in [5, 5.41) is 8.98. The van der Waals surface area contributed by atoms with E-state index in [4.69, 9.17) is 14.6 Å². The maximum absolute atomic E-state index is 11.8. The Hall–Kier alpha value is -1.47. The Kier molecular flexibility index (Phi) is 6.60. The van der Waals surface area contributed by atoms with Crippen LogP contribution in [0.4, 0.5) is 13.2 Å². The molecule has 4 nitrogen and oxygen atoms in total. The van der Waals surface area contributed by atoms with Crippen LogP contribution in [0.1, 0.15) is 12.0 Å². The second kappa shape index (κ2) is 7.96. The molecule has 0 spiro atoms. The minimum atomic E-state index is -4.30. The summed E-state index contributed by atoms with van der Waals surface area (Å²) in [6.07, 6.45) is -3.97. The molecular weight excluding hydrogens is 277 g/mol. The molecule has 20 heavy (non-hydrogen) atoms. The summed E-state index contributed by atoms with van der Waals surface area (Å²) in [4.78, 5) is 0. The number of hydrogen-bond acceptors (Lipinski definition) is 4. The highest BCUT2D eigenvalue weighted by molar-refractivity contribution is 5.42. The van der Waals surface area contributed by atoms with Crippen molar-refractivity contribution in [1.29, 1.82) is 0 Å². The van der Waals surface area contributed by atoms with Crippen molar-refractivity contribution in [2.45, 2.75) is 19.2 Å². The highest BCUT2D eigenvalue weighted by atomic mass is 19.4. The molecule has 0 atom stereocenters. The highest BCUT2D eigenvalue weighted by Gasteiger charge is 2.27. The Morgan fingerprint density at radius 2 is 1.90 bits per heavy atom. The fourth-order valence-corrected chi connectivity index (χ4v) is 1.46. The molecule has 0 amide bonds. The molecule has 0 aromatic heterocycles. The van der Waals surface area contributed by atoms with Crippen molar-refractivity contribution in [1.82, 2.24) is 0 Å². The van der Waals surface area contributed by atoms with Gasteiger partial charge in [0, 0.05) is 6.42 Å². The molecule has 0 aliphatic rings. The van der Waals surface area contributed by atoms with Gasteiger partial charge in [-0.25, -0.2) is 0 Å². The van der Waals surface area contributed by atoms with Gasteiger partial charge in [-0.15, -0.1) is 0 Å². The van der Waals surface area contributed by atoms with Gasteiger partial charge in [-0.05, 0) is 17.7 Å². The summed E-state index contributed by atoms with van der Waals surface area (Å²) < 4.78 is 50.4. The fraction of sp³-hybridized carbons (Fsp3) is 0.538. The van der Waals surface area contributed by atoms with Gasteiger partial charge in [-0.2, -0.15) is 13.2 Å². The van der Waals surface area contributed by atoms with Crippen molar-refractivity contribution < 1.29 is 32.5 Å². The van der Waals surface area contributed by atoms with Gasteiger partial charge >= 0.3 is 6.18 Å². The van der Waals surface area contributed by atoms with Crippen LogP contribution < -0.4 is 9.47 Å². The van der Waals surface area contributed by atoms with Crippen LogP contribution in [0.2, 0.25) is 0 Å². The molecule has 0 radical (unpaired) electrons. The average molecular weight is 294 g/mol. The van der Waals surface area contributed by atoms with Crippen LogP contribution in [0.5, 0.6) is 11.5 Å². The lowest BCUT2D eigenvalue weighted by Crippen LogP contribution is -2.18. The smallest absolute Gasteiger partial charge is 0.411 e. The van der Waals surface area contributed by atoms with Crippen LogP contribution in [0.3, 0.4) is 0 Å². The van der Waals surface area contributed by atoms with Crippen molar-refractivity contribution >= 4 is 0 Å². The van der Waals surface area contributed by atoms with Gasteiger partial charge < -0.3 is 19.3 Å². The number of aliphatic hydroxyl groups excluding tert-OH is 1. The van der Waals surface area contributed by atoms with Crippen LogP contribution in [0, 0.1) is 0 Å². The third-order valence-electron chi connectivity index (χ3n) is 2.37. The van der Waals surface area contributed by atoms with E-state index in [1.807, 2.05) is 0 Å². The molecule has 0 aliphatic heterocycles. The van der Waals surface area contributed by atoms with E-state index in [0.29, 0.717) is 23.5 Å². The van der Waals surface area contributed by atoms with Gasteiger partial charge in [-0.3, -0.25) is 0 Å². The van der Waals surface area contributed by atoms with E-state index in [9.17, 15) is 13.2 Å². The average Bonchev–Trinajstić information content (AvgIpc) is 2.41. The molecule has 1 N–H and O–H groups in total. The SMILES string of the molecule is COc1cc(CO)ccc1OCCCOCC(F)(F)F. The lowest BCUT2D eigenvalue weighted by atomic mass is 10.2. The summed E-state index contributed by atoms with van der Waals surface area (Å²) in [5.41, 5.74) is 0.683. The van der Waals surface area contributed by atoms with Crippen molar-refractivity contribution in [3.8, 4) is 11.5 Å². The van der Waals surface area contributed by atoms with Crippen molar-refractivity contribution in [2.24, 2.45) is 0 Å². The molecule has 0 bridgehead atoms. The number of methoxy groups -OCH3 is 1. The molecular formula is C13H17F3O4. The van der Waals surface area contributed by atoms with Crippen LogP contribution >= 0.6 is 0 Å². The monoisotopic (exact) mass is 294 g/mol. The number of benzene rings is 1. The zero-order valence-corrected chi connectivity index (χ0v) is 11.1. The van der Waals surface area contributed by atoms with Crippen LogP contribution in [0.25, 0.3) is 0 Å². The highest BCUT2D eigenvalue weighted by Crippen LogP contribution is 2.28. The van der Waals surface area contributed by atoms with E-state index in [1.54, 1.807) is 18.2 Å². The predicted octanol–water partition coefficient (Wildman–Crippen LogP) is 2.54. The third kappa shape index (κ3) is 6.12. The Morgan fingerprint density at radius 3 is 2.50 bits per heavy atom. The van der Waals surface area contributed by atoms with Crippen molar-refractivity contribution in [2.75, 3.05) is 26.9 Å². The Balaban J connectivity index is 2.31. The van der Waals surface area contributed by atoms with Crippen LogP contribution in [-0.2, 0) is 11.3 Å². The van der Waals surface area contributed by atoms with Crippen LogP contribution in [0.15, 0.2) is 18.2 Å². The summed E-state index contributed by atoms with van der Waals surface area (Å²) in [7, 11) is 1.47.